The molecule has 0 aliphatic rings. The van der Waals surface area contributed by atoms with Crippen LogP contribution in [0.3, 0.4) is 0 Å². The third-order valence-corrected chi connectivity index (χ3v) is 2.84. The lowest BCUT2D eigenvalue weighted by atomic mass is 9.98. The van der Waals surface area contributed by atoms with Gasteiger partial charge >= 0.3 is 5.97 Å². The topological polar surface area (TPSA) is 46.5 Å². The van der Waals surface area contributed by atoms with E-state index < -0.39 is 0 Å². The second-order valence-electron chi connectivity index (χ2n) is 4.19. The Hall–Kier alpha value is -2.55. The minimum Gasteiger partial charge on any atom is -0.507 e. The maximum Gasteiger partial charge on any atom is 0.330 e. The zero-order chi connectivity index (χ0) is 14.4. The first-order valence-corrected chi connectivity index (χ1v) is 6.44. The summed E-state index contributed by atoms with van der Waals surface area (Å²) < 4.78 is 4.86. The van der Waals surface area contributed by atoms with Crippen LogP contribution in [-0.4, -0.2) is 17.7 Å². The lowest BCUT2D eigenvalue weighted by Gasteiger charge is -2.08. The van der Waals surface area contributed by atoms with E-state index in [-0.39, 0.29) is 11.7 Å². The summed E-state index contributed by atoms with van der Waals surface area (Å²) in [5.41, 5.74) is 2.45. The van der Waals surface area contributed by atoms with Crippen LogP contribution in [0.1, 0.15) is 12.5 Å². The number of esters is 1. The number of para-hydroxylation sites is 1. The monoisotopic (exact) mass is 268 g/mol. The van der Waals surface area contributed by atoms with Gasteiger partial charge < -0.3 is 9.84 Å². The van der Waals surface area contributed by atoms with Crippen molar-refractivity contribution in [2.45, 2.75) is 6.92 Å². The summed E-state index contributed by atoms with van der Waals surface area (Å²) in [5.74, 6) is -0.163. The summed E-state index contributed by atoms with van der Waals surface area (Å²) in [6.07, 6.45) is 3.09. The molecule has 0 fully saturated rings. The number of ether oxygens (including phenoxy) is 1. The second kappa shape index (κ2) is 6.57. The first kappa shape index (κ1) is 13.9. The number of phenolic OH excluding ortho intramolecular Hbond substituents is 1. The van der Waals surface area contributed by atoms with Gasteiger partial charge in [-0.25, -0.2) is 4.79 Å². The summed E-state index contributed by atoms with van der Waals surface area (Å²) >= 11 is 0. The second-order valence-corrected chi connectivity index (χ2v) is 4.19. The summed E-state index contributed by atoms with van der Waals surface area (Å²) in [4.78, 5) is 11.4. The highest BCUT2D eigenvalue weighted by molar-refractivity contribution is 5.89. The number of aromatic hydroxyl groups is 1. The molecule has 1 N–H and O–H groups in total. The Labute approximate surface area is 118 Å². The van der Waals surface area contributed by atoms with Gasteiger partial charge in [-0.1, -0.05) is 42.5 Å². The van der Waals surface area contributed by atoms with Gasteiger partial charge in [0.05, 0.1) is 6.61 Å². The molecule has 2 aromatic carbocycles. The standard InChI is InChI=1S/C17H16O3/c1-2-20-17(19)12-11-13-7-3-4-8-14(13)15-9-5-6-10-16(15)18/h3-12,18H,2H2,1H3/b12-11+. The molecule has 2 aromatic rings. The van der Waals surface area contributed by atoms with Crippen LogP contribution in [0.15, 0.2) is 54.6 Å². The van der Waals surface area contributed by atoms with E-state index in [2.05, 4.69) is 0 Å². The summed E-state index contributed by atoms with van der Waals surface area (Å²) in [6.45, 7) is 2.12. The predicted octanol–water partition coefficient (Wildman–Crippen LogP) is 3.64. The highest BCUT2D eigenvalue weighted by atomic mass is 16.5. The van der Waals surface area contributed by atoms with Crippen LogP contribution in [-0.2, 0) is 9.53 Å². The van der Waals surface area contributed by atoms with E-state index in [4.69, 9.17) is 4.74 Å². The molecule has 20 heavy (non-hydrogen) atoms. The predicted molar refractivity (Wildman–Crippen MR) is 79.2 cm³/mol. The summed E-state index contributed by atoms with van der Waals surface area (Å²) in [7, 11) is 0. The molecular formula is C17H16O3. The Morgan fingerprint density at radius 2 is 1.75 bits per heavy atom. The van der Waals surface area contributed by atoms with E-state index in [1.165, 1.54) is 6.08 Å². The normalized spacial score (nSPS) is 10.7. The quantitative estimate of drug-likeness (QED) is 0.680. The van der Waals surface area contributed by atoms with Crippen LogP contribution in [0.25, 0.3) is 17.2 Å². The van der Waals surface area contributed by atoms with Crippen LogP contribution in [0.4, 0.5) is 0 Å². The van der Waals surface area contributed by atoms with Crippen molar-refractivity contribution in [3.8, 4) is 16.9 Å². The lowest BCUT2D eigenvalue weighted by molar-refractivity contribution is -0.137. The van der Waals surface area contributed by atoms with E-state index in [9.17, 15) is 9.90 Å². The van der Waals surface area contributed by atoms with Crippen LogP contribution >= 0.6 is 0 Å². The Kier molecular flexibility index (Phi) is 4.56. The van der Waals surface area contributed by atoms with E-state index in [0.29, 0.717) is 6.61 Å². The van der Waals surface area contributed by atoms with Crippen molar-refractivity contribution in [3.63, 3.8) is 0 Å². The molecule has 0 radical (unpaired) electrons. The Bertz CT molecular complexity index is 630. The summed E-state index contributed by atoms with van der Waals surface area (Å²) in [6, 6.07) is 14.7. The number of hydrogen-bond donors (Lipinski definition) is 1. The van der Waals surface area contributed by atoms with Gasteiger partial charge in [0, 0.05) is 11.6 Å². The lowest BCUT2D eigenvalue weighted by Crippen LogP contribution is -1.98. The van der Waals surface area contributed by atoms with Crippen LogP contribution < -0.4 is 0 Å². The van der Waals surface area contributed by atoms with Gasteiger partial charge in [0.25, 0.3) is 0 Å². The number of rotatable bonds is 4. The van der Waals surface area contributed by atoms with Crippen molar-refractivity contribution < 1.29 is 14.6 Å². The minimum atomic E-state index is -0.375. The minimum absolute atomic E-state index is 0.212. The molecule has 0 aliphatic carbocycles. The molecule has 0 heterocycles. The van der Waals surface area contributed by atoms with Crippen LogP contribution in [0, 0.1) is 0 Å². The molecule has 3 heteroatoms. The van der Waals surface area contributed by atoms with Gasteiger partial charge in [0.1, 0.15) is 5.75 Å². The molecule has 0 amide bonds. The van der Waals surface area contributed by atoms with E-state index in [1.54, 1.807) is 25.1 Å². The fourth-order valence-corrected chi connectivity index (χ4v) is 1.94. The van der Waals surface area contributed by atoms with E-state index in [0.717, 1.165) is 16.7 Å². The molecular weight excluding hydrogens is 252 g/mol. The van der Waals surface area contributed by atoms with Crippen molar-refractivity contribution in [1.29, 1.82) is 0 Å². The van der Waals surface area contributed by atoms with E-state index >= 15 is 0 Å². The van der Waals surface area contributed by atoms with Gasteiger partial charge in [-0.2, -0.15) is 0 Å². The molecule has 0 bridgehead atoms. The average Bonchev–Trinajstić information content (AvgIpc) is 2.46. The maximum atomic E-state index is 11.4. The van der Waals surface area contributed by atoms with Crippen molar-refractivity contribution in [3.05, 3.63) is 60.2 Å². The van der Waals surface area contributed by atoms with E-state index in [1.807, 2.05) is 36.4 Å². The van der Waals surface area contributed by atoms with Crippen molar-refractivity contribution >= 4 is 12.0 Å². The van der Waals surface area contributed by atoms with Crippen LogP contribution in [0.5, 0.6) is 5.75 Å². The number of carbonyl (C=O) groups is 1. The SMILES string of the molecule is CCOC(=O)/C=C/c1ccccc1-c1ccccc1O. The molecule has 0 aliphatic heterocycles. The Morgan fingerprint density at radius 3 is 2.45 bits per heavy atom. The summed E-state index contributed by atoms with van der Waals surface area (Å²) in [5, 5.41) is 9.93. The molecule has 0 atom stereocenters. The first-order chi connectivity index (χ1) is 9.72. The number of hydrogen-bond acceptors (Lipinski definition) is 3. The molecule has 0 saturated carbocycles. The first-order valence-electron chi connectivity index (χ1n) is 6.44. The van der Waals surface area contributed by atoms with Gasteiger partial charge in [-0.3, -0.25) is 0 Å². The molecule has 3 nitrogen and oxygen atoms in total. The highest BCUT2D eigenvalue weighted by Crippen LogP contribution is 2.31. The molecule has 0 unspecified atom stereocenters. The van der Waals surface area contributed by atoms with Gasteiger partial charge in [0.15, 0.2) is 0 Å². The zero-order valence-corrected chi connectivity index (χ0v) is 11.2. The fourth-order valence-electron chi connectivity index (χ4n) is 1.94. The highest BCUT2D eigenvalue weighted by Gasteiger charge is 2.06. The maximum absolute atomic E-state index is 11.4. The number of carbonyl (C=O) groups excluding carboxylic acids is 1. The third kappa shape index (κ3) is 3.26. The van der Waals surface area contributed by atoms with Crippen molar-refractivity contribution in [2.75, 3.05) is 6.61 Å². The Balaban J connectivity index is 2.37. The smallest absolute Gasteiger partial charge is 0.330 e. The average molecular weight is 268 g/mol. The zero-order valence-electron chi connectivity index (χ0n) is 11.2. The molecule has 102 valence electrons. The van der Waals surface area contributed by atoms with Crippen molar-refractivity contribution in [1.82, 2.24) is 0 Å². The number of benzene rings is 2. The van der Waals surface area contributed by atoms with Gasteiger partial charge in [-0.05, 0) is 30.2 Å². The largest absolute Gasteiger partial charge is 0.507 e. The fraction of sp³-hybridized carbons (Fsp3) is 0.118. The van der Waals surface area contributed by atoms with Gasteiger partial charge in [-0.15, -0.1) is 0 Å². The van der Waals surface area contributed by atoms with Crippen molar-refractivity contribution in [2.24, 2.45) is 0 Å². The molecule has 0 saturated heterocycles. The van der Waals surface area contributed by atoms with Gasteiger partial charge in [0.2, 0.25) is 0 Å². The third-order valence-electron chi connectivity index (χ3n) is 2.84. The number of phenols is 1. The van der Waals surface area contributed by atoms with Crippen LogP contribution in [0.2, 0.25) is 0 Å². The molecule has 2 rings (SSSR count). The molecule has 0 aromatic heterocycles. The Morgan fingerprint density at radius 1 is 1.10 bits per heavy atom. The molecule has 0 spiro atoms.